The van der Waals surface area contributed by atoms with Crippen molar-refractivity contribution in [3.05, 3.63) is 11.6 Å². The average Bonchev–Trinajstić information content (AvgIpc) is 2.39. The molecule has 2 heterocycles. The zero-order valence-corrected chi connectivity index (χ0v) is 12.0. The number of hydrogen-bond donors (Lipinski definition) is 2. The van der Waals surface area contributed by atoms with Gasteiger partial charge < -0.3 is 10.1 Å². The molecule has 2 aliphatic heterocycles. The molecule has 1 saturated heterocycles. The van der Waals surface area contributed by atoms with Gasteiger partial charge in [0.05, 0.1) is 11.9 Å². The fraction of sp³-hybridized carbons (Fsp3) is 0.818. The second-order valence-corrected chi connectivity index (χ2v) is 6.57. The molecule has 7 heteroatoms. The molecular weight excluding hydrogens is 276 g/mol. The predicted octanol–water partition coefficient (Wildman–Crippen LogP) is 0.426. The van der Waals surface area contributed by atoms with Crippen LogP contribution in [0.25, 0.3) is 0 Å². The number of ether oxygens (including phenoxy) is 1. The fourth-order valence-electron chi connectivity index (χ4n) is 2.10. The standard InChI is InChI=1S/C11H20N2O3S.ClH/c14-17(15,11-2-1-7-16-9-11)13-8-10-3-5-12-6-4-10;/h3,11-13H,1-2,4-9H2;1H. The second-order valence-electron chi connectivity index (χ2n) is 4.52. The number of halogens is 1. The van der Waals surface area contributed by atoms with Crippen LogP contribution in [0, 0.1) is 0 Å². The third-order valence-corrected chi connectivity index (χ3v) is 5.01. The molecule has 0 aromatic rings. The van der Waals surface area contributed by atoms with Crippen molar-refractivity contribution < 1.29 is 13.2 Å². The van der Waals surface area contributed by atoms with Gasteiger partial charge in [-0.05, 0) is 25.8 Å². The van der Waals surface area contributed by atoms with Gasteiger partial charge in [0.25, 0.3) is 0 Å². The third kappa shape index (κ3) is 4.51. The van der Waals surface area contributed by atoms with Crippen molar-refractivity contribution in [2.75, 3.05) is 32.8 Å². The molecule has 2 N–H and O–H groups in total. The van der Waals surface area contributed by atoms with Crippen LogP contribution in [0.4, 0.5) is 0 Å². The van der Waals surface area contributed by atoms with Crippen LogP contribution >= 0.6 is 12.4 Å². The van der Waals surface area contributed by atoms with E-state index in [1.54, 1.807) is 0 Å². The van der Waals surface area contributed by atoms with Crippen LogP contribution in [0.1, 0.15) is 19.3 Å². The first kappa shape index (κ1) is 15.9. The third-order valence-electron chi connectivity index (χ3n) is 3.22. The Balaban J connectivity index is 0.00000162. The van der Waals surface area contributed by atoms with Crippen LogP contribution in [0.2, 0.25) is 0 Å². The van der Waals surface area contributed by atoms with Gasteiger partial charge in [-0.25, -0.2) is 13.1 Å². The Morgan fingerprint density at radius 2 is 2.33 bits per heavy atom. The van der Waals surface area contributed by atoms with Crippen LogP contribution in [0.5, 0.6) is 0 Å². The number of hydrogen-bond acceptors (Lipinski definition) is 4. The highest BCUT2D eigenvalue weighted by Crippen LogP contribution is 2.14. The highest BCUT2D eigenvalue weighted by atomic mass is 35.5. The van der Waals surface area contributed by atoms with Crippen molar-refractivity contribution >= 4 is 22.4 Å². The molecular formula is C11H21ClN2O3S. The van der Waals surface area contributed by atoms with Gasteiger partial charge in [-0.3, -0.25) is 0 Å². The monoisotopic (exact) mass is 296 g/mol. The highest BCUT2D eigenvalue weighted by molar-refractivity contribution is 7.90. The lowest BCUT2D eigenvalue weighted by atomic mass is 10.1. The fourth-order valence-corrected chi connectivity index (χ4v) is 3.47. The normalized spacial score (nSPS) is 25.1. The smallest absolute Gasteiger partial charge is 0.217 e. The van der Waals surface area contributed by atoms with Crippen molar-refractivity contribution in [1.82, 2.24) is 10.0 Å². The molecule has 1 fully saturated rings. The van der Waals surface area contributed by atoms with Crippen molar-refractivity contribution in [2.24, 2.45) is 0 Å². The second kappa shape index (κ2) is 7.45. The molecule has 0 radical (unpaired) electrons. The predicted molar refractivity (Wildman–Crippen MR) is 73.6 cm³/mol. The maximum absolute atomic E-state index is 12.0. The molecule has 106 valence electrons. The van der Waals surface area contributed by atoms with Gasteiger partial charge in [-0.15, -0.1) is 12.4 Å². The van der Waals surface area contributed by atoms with Crippen LogP contribution in [-0.2, 0) is 14.8 Å². The molecule has 5 nitrogen and oxygen atoms in total. The summed E-state index contributed by atoms with van der Waals surface area (Å²) in [4.78, 5) is 0. The van der Waals surface area contributed by atoms with Crippen LogP contribution in [-0.4, -0.2) is 46.5 Å². The van der Waals surface area contributed by atoms with E-state index in [1.807, 2.05) is 0 Å². The number of sulfonamides is 1. The Hall–Kier alpha value is -0.140. The molecule has 0 aromatic carbocycles. The van der Waals surface area contributed by atoms with E-state index in [-0.39, 0.29) is 17.7 Å². The van der Waals surface area contributed by atoms with Gasteiger partial charge in [0.1, 0.15) is 0 Å². The molecule has 1 unspecified atom stereocenters. The molecule has 0 aromatic heterocycles. The molecule has 1 atom stereocenters. The largest absolute Gasteiger partial charge is 0.380 e. The van der Waals surface area contributed by atoms with E-state index >= 15 is 0 Å². The van der Waals surface area contributed by atoms with Gasteiger partial charge in [-0.1, -0.05) is 11.6 Å². The van der Waals surface area contributed by atoms with E-state index in [4.69, 9.17) is 4.74 Å². The molecule has 0 bridgehead atoms. The zero-order valence-electron chi connectivity index (χ0n) is 10.4. The Bertz CT molecular complexity index is 378. The van der Waals surface area contributed by atoms with Crippen LogP contribution in [0.3, 0.4) is 0 Å². The van der Waals surface area contributed by atoms with E-state index in [0.717, 1.165) is 25.9 Å². The topological polar surface area (TPSA) is 67.4 Å². The lowest BCUT2D eigenvalue weighted by molar-refractivity contribution is 0.0988. The summed E-state index contributed by atoms with van der Waals surface area (Å²) in [6.07, 6.45) is 4.52. The Kier molecular flexibility index (Phi) is 6.59. The zero-order chi connectivity index (χ0) is 12.1. The van der Waals surface area contributed by atoms with Gasteiger partial charge in [-0.2, -0.15) is 0 Å². The molecule has 0 saturated carbocycles. The van der Waals surface area contributed by atoms with E-state index < -0.39 is 10.0 Å². The first-order chi connectivity index (χ1) is 8.18. The average molecular weight is 297 g/mol. The van der Waals surface area contributed by atoms with Crippen molar-refractivity contribution in [3.8, 4) is 0 Å². The first-order valence-electron chi connectivity index (χ1n) is 6.13. The van der Waals surface area contributed by atoms with E-state index in [0.29, 0.717) is 26.2 Å². The summed E-state index contributed by atoms with van der Waals surface area (Å²) in [5.41, 5.74) is 1.17. The Labute approximate surface area is 115 Å². The SMILES string of the molecule is Cl.O=S(=O)(NCC1=CCNCC1)C1CCCOC1. The molecule has 0 spiro atoms. The Morgan fingerprint density at radius 1 is 1.50 bits per heavy atom. The van der Waals surface area contributed by atoms with Gasteiger partial charge >= 0.3 is 0 Å². The van der Waals surface area contributed by atoms with E-state index in [9.17, 15) is 8.42 Å². The minimum Gasteiger partial charge on any atom is -0.380 e. The molecule has 18 heavy (non-hydrogen) atoms. The summed E-state index contributed by atoms with van der Waals surface area (Å²) in [5, 5.41) is 2.83. The number of rotatable bonds is 4. The summed E-state index contributed by atoms with van der Waals surface area (Å²) < 4.78 is 31.9. The van der Waals surface area contributed by atoms with E-state index in [1.165, 1.54) is 5.57 Å². The lowest BCUT2D eigenvalue weighted by Crippen LogP contribution is -2.40. The molecule has 0 aliphatic carbocycles. The quantitative estimate of drug-likeness (QED) is 0.738. The van der Waals surface area contributed by atoms with Crippen molar-refractivity contribution in [3.63, 3.8) is 0 Å². The summed E-state index contributed by atoms with van der Waals surface area (Å²) in [5.74, 6) is 0. The van der Waals surface area contributed by atoms with Crippen LogP contribution in [0.15, 0.2) is 11.6 Å². The van der Waals surface area contributed by atoms with Crippen molar-refractivity contribution in [1.29, 1.82) is 0 Å². The van der Waals surface area contributed by atoms with Crippen LogP contribution < -0.4 is 10.0 Å². The minimum absolute atomic E-state index is 0. The first-order valence-corrected chi connectivity index (χ1v) is 7.68. The van der Waals surface area contributed by atoms with Crippen molar-refractivity contribution in [2.45, 2.75) is 24.5 Å². The highest BCUT2D eigenvalue weighted by Gasteiger charge is 2.27. The summed E-state index contributed by atoms with van der Waals surface area (Å²) in [6.45, 7) is 3.23. The summed E-state index contributed by atoms with van der Waals surface area (Å²) in [7, 11) is -3.22. The molecule has 0 amide bonds. The number of nitrogens with one attached hydrogen (secondary N) is 2. The van der Waals surface area contributed by atoms with Gasteiger partial charge in [0.2, 0.25) is 10.0 Å². The lowest BCUT2D eigenvalue weighted by Gasteiger charge is -2.23. The molecule has 2 aliphatic rings. The van der Waals surface area contributed by atoms with Gasteiger partial charge in [0, 0.05) is 19.7 Å². The minimum atomic E-state index is -3.22. The van der Waals surface area contributed by atoms with Gasteiger partial charge in [0.15, 0.2) is 0 Å². The molecule has 2 rings (SSSR count). The summed E-state index contributed by atoms with van der Waals surface area (Å²) >= 11 is 0. The van der Waals surface area contributed by atoms with E-state index in [2.05, 4.69) is 16.1 Å². The maximum Gasteiger partial charge on any atom is 0.217 e. The Morgan fingerprint density at radius 3 is 2.94 bits per heavy atom. The summed E-state index contributed by atoms with van der Waals surface area (Å²) in [6, 6.07) is 0. The maximum atomic E-state index is 12.0.